The van der Waals surface area contributed by atoms with Crippen LogP contribution in [0.3, 0.4) is 0 Å². The van der Waals surface area contributed by atoms with E-state index < -0.39 is 0 Å². The highest BCUT2D eigenvalue weighted by molar-refractivity contribution is 14.0. The molecule has 0 spiro atoms. The quantitative estimate of drug-likeness (QED) is 0.415. The van der Waals surface area contributed by atoms with Gasteiger partial charge in [0, 0.05) is 18.5 Å². The molecule has 3 rings (SSSR count). The summed E-state index contributed by atoms with van der Waals surface area (Å²) in [5, 5.41) is 3.15. The van der Waals surface area contributed by atoms with Crippen molar-refractivity contribution in [2.75, 3.05) is 19.8 Å². The van der Waals surface area contributed by atoms with E-state index >= 15 is 0 Å². The molecule has 1 aliphatic rings. The zero-order chi connectivity index (χ0) is 16.6. The van der Waals surface area contributed by atoms with Crippen molar-refractivity contribution in [2.24, 2.45) is 10.7 Å². The average Bonchev–Trinajstić information content (AvgIpc) is 2.87. The molecule has 0 bridgehead atoms. The molecule has 0 radical (unpaired) electrons. The molecule has 0 unspecified atom stereocenters. The van der Waals surface area contributed by atoms with Crippen LogP contribution in [0.25, 0.3) is 0 Å². The number of ether oxygens (including phenoxy) is 2. The zero-order valence-electron chi connectivity index (χ0n) is 14.1. The molecule has 2 aromatic carbocycles. The molecular formula is C19H24IN3O2. The second-order valence-corrected chi connectivity index (χ2v) is 5.66. The lowest BCUT2D eigenvalue weighted by atomic mass is 10.1. The van der Waals surface area contributed by atoms with Crippen molar-refractivity contribution in [3.8, 4) is 11.5 Å². The van der Waals surface area contributed by atoms with Crippen LogP contribution in [0.15, 0.2) is 53.5 Å². The van der Waals surface area contributed by atoms with Crippen LogP contribution in [0.1, 0.15) is 17.5 Å². The Kier molecular flexibility index (Phi) is 7.84. The van der Waals surface area contributed by atoms with Crippen molar-refractivity contribution in [1.82, 2.24) is 5.32 Å². The first-order valence-electron chi connectivity index (χ1n) is 8.28. The molecule has 0 aliphatic carbocycles. The number of nitrogens with two attached hydrogens (primary N) is 1. The summed E-state index contributed by atoms with van der Waals surface area (Å²) >= 11 is 0. The Morgan fingerprint density at radius 3 is 2.68 bits per heavy atom. The maximum atomic E-state index is 5.96. The van der Waals surface area contributed by atoms with Crippen LogP contribution in [0, 0.1) is 0 Å². The van der Waals surface area contributed by atoms with Crippen molar-refractivity contribution >= 4 is 29.9 Å². The molecular weight excluding hydrogens is 429 g/mol. The van der Waals surface area contributed by atoms with E-state index in [2.05, 4.69) is 22.4 Å². The maximum absolute atomic E-state index is 5.96. The standard InChI is InChI=1S/C19H23N3O2.HI/c20-19(21-11-10-15-6-2-1-3-7-15)22-14-16-8-4-9-17-18(16)24-13-5-12-23-17;/h1-4,6-9H,5,10-14H2,(H3,20,21,22);1H. The summed E-state index contributed by atoms with van der Waals surface area (Å²) in [6.07, 6.45) is 1.80. The summed E-state index contributed by atoms with van der Waals surface area (Å²) in [7, 11) is 0. The van der Waals surface area contributed by atoms with Crippen LogP contribution < -0.4 is 20.5 Å². The third-order valence-corrected chi connectivity index (χ3v) is 3.84. The number of hydrogen-bond acceptors (Lipinski definition) is 3. The number of rotatable bonds is 5. The molecule has 1 heterocycles. The Morgan fingerprint density at radius 2 is 1.84 bits per heavy atom. The normalized spacial score (nSPS) is 13.5. The Bertz CT molecular complexity index is 692. The molecule has 0 amide bonds. The van der Waals surface area contributed by atoms with Crippen LogP contribution in [0.2, 0.25) is 0 Å². The van der Waals surface area contributed by atoms with Crippen LogP contribution >= 0.6 is 24.0 Å². The third-order valence-electron chi connectivity index (χ3n) is 3.84. The van der Waals surface area contributed by atoms with Crippen molar-refractivity contribution in [3.05, 3.63) is 59.7 Å². The summed E-state index contributed by atoms with van der Waals surface area (Å²) in [5.41, 5.74) is 8.22. The monoisotopic (exact) mass is 453 g/mol. The number of hydrogen-bond donors (Lipinski definition) is 2. The van der Waals surface area contributed by atoms with E-state index in [1.165, 1.54) is 5.56 Å². The first-order chi connectivity index (χ1) is 11.8. The molecule has 25 heavy (non-hydrogen) atoms. The molecule has 0 atom stereocenters. The molecule has 0 saturated carbocycles. The smallest absolute Gasteiger partial charge is 0.188 e. The van der Waals surface area contributed by atoms with E-state index in [0.717, 1.165) is 36.4 Å². The van der Waals surface area contributed by atoms with Crippen LogP contribution in [-0.4, -0.2) is 25.7 Å². The van der Waals surface area contributed by atoms with Crippen molar-refractivity contribution in [2.45, 2.75) is 19.4 Å². The van der Waals surface area contributed by atoms with Crippen LogP contribution in [0.4, 0.5) is 0 Å². The molecule has 0 saturated heterocycles. The second kappa shape index (κ2) is 10.1. The van der Waals surface area contributed by atoms with Gasteiger partial charge in [-0.05, 0) is 18.1 Å². The molecule has 0 aromatic heterocycles. The van der Waals surface area contributed by atoms with E-state index in [1.807, 2.05) is 36.4 Å². The minimum absolute atomic E-state index is 0. The average molecular weight is 453 g/mol. The molecule has 0 fully saturated rings. The largest absolute Gasteiger partial charge is 0.490 e. The lowest BCUT2D eigenvalue weighted by molar-refractivity contribution is 0.296. The van der Waals surface area contributed by atoms with Gasteiger partial charge < -0.3 is 20.5 Å². The summed E-state index contributed by atoms with van der Waals surface area (Å²) in [6.45, 7) is 2.57. The number of aliphatic imine (C=N–C) groups is 1. The zero-order valence-corrected chi connectivity index (χ0v) is 16.4. The number of benzene rings is 2. The van der Waals surface area contributed by atoms with Gasteiger partial charge in [-0.1, -0.05) is 42.5 Å². The molecule has 3 N–H and O–H groups in total. The fraction of sp³-hybridized carbons (Fsp3) is 0.316. The maximum Gasteiger partial charge on any atom is 0.188 e. The van der Waals surface area contributed by atoms with Crippen molar-refractivity contribution < 1.29 is 9.47 Å². The highest BCUT2D eigenvalue weighted by Gasteiger charge is 2.13. The Hall–Kier alpha value is -1.96. The summed E-state index contributed by atoms with van der Waals surface area (Å²) in [5.74, 6) is 2.02. The fourth-order valence-corrected chi connectivity index (χ4v) is 2.58. The number of para-hydroxylation sites is 1. The highest BCUT2D eigenvalue weighted by atomic mass is 127. The van der Waals surface area contributed by atoms with E-state index in [0.29, 0.717) is 25.7 Å². The Balaban J connectivity index is 0.00000225. The molecule has 1 aliphatic heterocycles. The van der Waals surface area contributed by atoms with E-state index in [1.54, 1.807) is 0 Å². The lowest BCUT2D eigenvalue weighted by Gasteiger charge is -2.11. The van der Waals surface area contributed by atoms with Gasteiger partial charge in [0.2, 0.25) is 0 Å². The second-order valence-electron chi connectivity index (χ2n) is 5.66. The van der Waals surface area contributed by atoms with Gasteiger partial charge in [-0.25, -0.2) is 4.99 Å². The predicted octanol–water partition coefficient (Wildman–Crippen LogP) is 3.11. The third kappa shape index (κ3) is 5.81. The highest BCUT2D eigenvalue weighted by Crippen LogP contribution is 2.33. The summed E-state index contributed by atoms with van der Waals surface area (Å²) < 4.78 is 11.5. The first-order valence-corrected chi connectivity index (χ1v) is 8.28. The van der Waals surface area contributed by atoms with Gasteiger partial charge in [-0.2, -0.15) is 0 Å². The predicted molar refractivity (Wildman–Crippen MR) is 111 cm³/mol. The topological polar surface area (TPSA) is 68.9 Å². The number of halogens is 1. The van der Waals surface area contributed by atoms with E-state index in [4.69, 9.17) is 15.2 Å². The van der Waals surface area contributed by atoms with Crippen LogP contribution in [0.5, 0.6) is 11.5 Å². The van der Waals surface area contributed by atoms with Crippen molar-refractivity contribution in [1.29, 1.82) is 0 Å². The van der Waals surface area contributed by atoms with Crippen molar-refractivity contribution in [3.63, 3.8) is 0 Å². The minimum atomic E-state index is 0. The van der Waals surface area contributed by atoms with E-state index in [9.17, 15) is 0 Å². The van der Waals surface area contributed by atoms with E-state index in [-0.39, 0.29) is 24.0 Å². The molecule has 2 aromatic rings. The van der Waals surface area contributed by atoms with Gasteiger partial charge in [0.25, 0.3) is 0 Å². The molecule has 134 valence electrons. The Labute approximate surface area is 165 Å². The first kappa shape index (κ1) is 19.4. The van der Waals surface area contributed by atoms with Gasteiger partial charge in [0.1, 0.15) is 0 Å². The number of nitrogens with one attached hydrogen (secondary N) is 1. The van der Waals surface area contributed by atoms with Gasteiger partial charge in [0.15, 0.2) is 17.5 Å². The fourth-order valence-electron chi connectivity index (χ4n) is 2.58. The lowest BCUT2D eigenvalue weighted by Crippen LogP contribution is -2.33. The Morgan fingerprint density at radius 1 is 1.04 bits per heavy atom. The van der Waals surface area contributed by atoms with Gasteiger partial charge in [-0.15, -0.1) is 24.0 Å². The molecule has 6 heteroatoms. The van der Waals surface area contributed by atoms with Gasteiger partial charge in [0.05, 0.1) is 19.8 Å². The summed E-state index contributed by atoms with van der Waals surface area (Å²) in [6, 6.07) is 16.2. The summed E-state index contributed by atoms with van der Waals surface area (Å²) in [4.78, 5) is 4.41. The van der Waals surface area contributed by atoms with Crippen LogP contribution in [-0.2, 0) is 13.0 Å². The van der Waals surface area contributed by atoms with Gasteiger partial charge in [-0.3, -0.25) is 0 Å². The van der Waals surface area contributed by atoms with Gasteiger partial charge >= 0.3 is 0 Å². The minimum Gasteiger partial charge on any atom is -0.490 e. The number of fused-ring (bicyclic) bond motifs is 1. The number of guanidine groups is 1. The number of nitrogens with zero attached hydrogens (tertiary/aromatic N) is 1. The molecule has 5 nitrogen and oxygen atoms in total. The SMILES string of the molecule is I.NC(=NCc1cccc2c1OCCCO2)NCCc1ccccc1.